The van der Waals surface area contributed by atoms with Gasteiger partial charge in [0, 0.05) is 0 Å². The van der Waals surface area contributed by atoms with Crippen LogP contribution in [0.2, 0.25) is 0 Å². The highest BCUT2D eigenvalue weighted by molar-refractivity contribution is 4.82. The third-order valence-electron chi connectivity index (χ3n) is 1.86. The van der Waals surface area contributed by atoms with E-state index in [4.69, 9.17) is 14.6 Å². The number of aliphatic hydroxyl groups excluding tert-OH is 3. The van der Waals surface area contributed by atoms with Crippen LogP contribution in [0, 0.1) is 0 Å². The van der Waals surface area contributed by atoms with E-state index in [2.05, 4.69) is 0 Å². The molecule has 0 aromatic rings. The highest BCUT2D eigenvalue weighted by Gasteiger charge is 2.38. The molecule has 5 nitrogen and oxygen atoms in total. The summed E-state index contributed by atoms with van der Waals surface area (Å²) in [5.41, 5.74) is 0. The average molecular weight is 192 g/mol. The Bertz CT molecular complexity index is 161. The zero-order valence-electron chi connectivity index (χ0n) is 7.75. The predicted octanol–water partition coefficient (Wildman–Crippen LogP) is -1.15. The molecule has 5 heteroatoms. The Morgan fingerprint density at radius 3 is 2.38 bits per heavy atom. The van der Waals surface area contributed by atoms with Gasteiger partial charge in [0.05, 0.1) is 12.7 Å². The second kappa shape index (κ2) is 4.34. The fraction of sp³-hybridized carbons (Fsp3) is 1.00. The molecule has 1 heterocycles. The molecule has 0 aromatic carbocycles. The maximum Gasteiger partial charge on any atom is 0.186 e. The second-order valence-electron chi connectivity index (χ2n) is 3.44. The van der Waals surface area contributed by atoms with Gasteiger partial charge in [-0.2, -0.15) is 0 Å². The summed E-state index contributed by atoms with van der Waals surface area (Å²) in [6, 6.07) is 0. The van der Waals surface area contributed by atoms with E-state index in [1.807, 2.05) is 0 Å². The van der Waals surface area contributed by atoms with Gasteiger partial charge < -0.3 is 24.8 Å². The lowest BCUT2D eigenvalue weighted by Crippen LogP contribution is -2.54. The van der Waals surface area contributed by atoms with E-state index in [9.17, 15) is 10.2 Å². The molecule has 1 aliphatic heterocycles. The number of aliphatic hydroxyl groups is 3. The summed E-state index contributed by atoms with van der Waals surface area (Å²) in [4.78, 5) is 0. The van der Waals surface area contributed by atoms with Crippen molar-refractivity contribution in [3.8, 4) is 0 Å². The lowest BCUT2D eigenvalue weighted by molar-refractivity contribution is -0.278. The van der Waals surface area contributed by atoms with Crippen LogP contribution in [0.3, 0.4) is 0 Å². The minimum Gasteiger partial charge on any atom is -0.388 e. The first kappa shape index (κ1) is 10.9. The van der Waals surface area contributed by atoms with Crippen molar-refractivity contribution in [2.24, 2.45) is 0 Å². The van der Waals surface area contributed by atoms with Crippen molar-refractivity contribution >= 4 is 0 Å². The highest BCUT2D eigenvalue weighted by Crippen LogP contribution is 2.17. The Balaban J connectivity index is 2.48. The zero-order valence-corrected chi connectivity index (χ0v) is 7.75. The van der Waals surface area contributed by atoms with Gasteiger partial charge in [0.15, 0.2) is 6.29 Å². The Labute approximate surface area is 76.9 Å². The smallest absolute Gasteiger partial charge is 0.186 e. The van der Waals surface area contributed by atoms with Crippen molar-refractivity contribution in [3.63, 3.8) is 0 Å². The summed E-state index contributed by atoms with van der Waals surface area (Å²) in [7, 11) is 0. The van der Waals surface area contributed by atoms with Crippen LogP contribution in [0.1, 0.15) is 13.8 Å². The molecule has 0 spiro atoms. The van der Waals surface area contributed by atoms with Gasteiger partial charge in [-0.05, 0) is 13.8 Å². The SMILES string of the molecule is CC(C)OC1OCC(O)C(O)C1O. The van der Waals surface area contributed by atoms with Crippen LogP contribution < -0.4 is 0 Å². The van der Waals surface area contributed by atoms with E-state index in [0.717, 1.165) is 0 Å². The van der Waals surface area contributed by atoms with Crippen molar-refractivity contribution in [2.45, 2.75) is 44.6 Å². The summed E-state index contributed by atoms with van der Waals surface area (Å²) in [5.74, 6) is 0. The first-order chi connectivity index (χ1) is 6.02. The van der Waals surface area contributed by atoms with Gasteiger partial charge in [-0.15, -0.1) is 0 Å². The molecule has 0 amide bonds. The topological polar surface area (TPSA) is 79.2 Å². The van der Waals surface area contributed by atoms with E-state index in [1.54, 1.807) is 13.8 Å². The summed E-state index contributed by atoms with van der Waals surface area (Å²) in [6.07, 6.45) is -4.37. The van der Waals surface area contributed by atoms with E-state index in [-0.39, 0.29) is 12.7 Å². The number of hydrogen-bond acceptors (Lipinski definition) is 5. The van der Waals surface area contributed by atoms with Gasteiger partial charge in [0.2, 0.25) is 0 Å². The van der Waals surface area contributed by atoms with E-state index in [1.165, 1.54) is 0 Å². The van der Waals surface area contributed by atoms with Crippen molar-refractivity contribution in [2.75, 3.05) is 6.61 Å². The van der Waals surface area contributed by atoms with Crippen LogP contribution >= 0.6 is 0 Å². The van der Waals surface area contributed by atoms with Crippen LogP contribution in [0.15, 0.2) is 0 Å². The van der Waals surface area contributed by atoms with Crippen LogP contribution in [0.5, 0.6) is 0 Å². The van der Waals surface area contributed by atoms with Crippen molar-refractivity contribution in [3.05, 3.63) is 0 Å². The fourth-order valence-electron chi connectivity index (χ4n) is 1.17. The molecule has 4 unspecified atom stereocenters. The Morgan fingerprint density at radius 2 is 1.85 bits per heavy atom. The second-order valence-corrected chi connectivity index (χ2v) is 3.44. The number of hydrogen-bond donors (Lipinski definition) is 3. The quantitative estimate of drug-likeness (QED) is 0.515. The van der Waals surface area contributed by atoms with Crippen molar-refractivity contribution in [1.29, 1.82) is 0 Å². The summed E-state index contributed by atoms with van der Waals surface area (Å²) in [5, 5.41) is 27.8. The molecule has 1 fully saturated rings. The maximum absolute atomic E-state index is 9.40. The maximum atomic E-state index is 9.40. The van der Waals surface area contributed by atoms with E-state index in [0.29, 0.717) is 0 Å². The van der Waals surface area contributed by atoms with Crippen LogP contribution in [0.25, 0.3) is 0 Å². The molecule has 4 atom stereocenters. The van der Waals surface area contributed by atoms with Gasteiger partial charge in [-0.1, -0.05) is 0 Å². The monoisotopic (exact) mass is 192 g/mol. The van der Waals surface area contributed by atoms with Crippen LogP contribution in [-0.2, 0) is 9.47 Å². The lowest BCUT2D eigenvalue weighted by Gasteiger charge is -2.35. The lowest BCUT2D eigenvalue weighted by atomic mass is 10.1. The Hall–Kier alpha value is -0.200. The van der Waals surface area contributed by atoms with Gasteiger partial charge >= 0.3 is 0 Å². The fourth-order valence-corrected chi connectivity index (χ4v) is 1.17. The summed E-state index contributed by atoms with van der Waals surface area (Å²) in [6.45, 7) is 3.58. The van der Waals surface area contributed by atoms with E-state index < -0.39 is 24.6 Å². The predicted molar refractivity (Wildman–Crippen MR) is 44.0 cm³/mol. The minimum atomic E-state index is -1.20. The normalized spacial score (nSPS) is 41.1. The van der Waals surface area contributed by atoms with Gasteiger partial charge in [0.1, 0.15) is 18.3 Å². The minimum absolute atomic E-state index is 0.0182. The molecule has 0 bridgehead atoms. The molecule has 78 valence electrons. The third-order valence-corrected chi connectivity index (χ3v) is 1.86. The first-order valence-electron chi connectivity index (χ1n) is 4.33. The van der Waals surface area contributed by atoms with E-state index >= 15 is 0 Å². The first-order valence-corrected chi connectivity index (χ1v) is 4.33. The molecule has 0 aliphatic carbocycles. The van der Waals surface area contributed by atoms with Gasteiger partial charge in [-0.3, -0.25) is 0 Å². The number of ether oxygens (including phenoxy) is 2. The molecule has 3 N–H and O–H groups in total. The standard InChI is InChI=1S/C8H16O5/c1-4(2)13-8-7(11)6(10)5(9)3-12-8/h4-11H,3H2,1-2H3. The molecular weight excluding hydrogens is 176 g/mol. The summed E-state index contributed by atoms with van der Waals surface area (Å²) < 4.78 is 10.2. The largest absolute Gasteiger partial charge is 0.388 e. The molecule has 13 heavy (non-hydrogen) atoms. The van der Waals surface area contributed by atoms with Crippen molar-refractivity contribution < 1.29 is 24.8 Å². The highest BCUT2D eigenvalue weighted by atomic mass is 16.7. The zero-order chi connectivity index (χ0) is 10.0. The third kappa shape index (κ3) is 2.62. The molecule has 0 aromatic heterocycles. The summed E-state index contributed by atoms with van der Waals surface area (Å²) >= 11 is 0. The molecule has 1 saturated heterocycles. The molecule has 0 radical (unpaired) electrons. The van der Waals surface area contributed by atoms with Gasteiger partial charge in [-0.25, -0.2) is 0 Å². The van der Waals surface area contributed by atoms with Gasteiger partial charge in [0.25, 0.3) is 0 Å². The Kier molecular flexibility index (Phi) is 3.63. The Morgan fingerprint density at radius 1 is 1.23 bits per heavy atom. The average Bonchev–Trinajstić information content (AvgIpc) is 2.06. The van der Waals surface area contributed by atoms with Crippen LogP contribution in [0.4, 0.5) is 0 Å². The molecule has 1 rings (SSSR count). The molecular formula is C8H16O5. The van der Waals surface area contributed by atoms with Crippen LogP contribution in [-0.4, -0.2) is 52.6 Å². The molecule has 1 aliphatic rings. The molecule has 0 saturated carbocycles. The number of rotatable bonds is 2. The van der Waals surface area contributed by atoms with Crippen molar-refractivity contribution in [1.82, 2.24) is 0 Å².